The van der Waals surface area contributed by atoms with Gasteiger partial charge in [0.2, 0.25) is 0 Å². The van der Waals surface area contributed by atoms with Crippen molar-refractivity contribution in [2.24, 2.45) is 0 Å². The van der Waals surface area contributed by atoms with Gasteiger partial charge in [0.15, 0.2) is 0 Å². The molecule has 9 heavy (non-hydrogen) atoms. The van der Waals surface area contributed by atoms with Crippen molar-refractivity contribution in [2.45, 2.75) is 19.1 Å². The van der Waals surface area contributed by atoms with Gasteiger partial charge in [0.05, 0.1) is 0 Å². The number of hydrogen-bond donors (Lipinski definition) is 2. The van der Waals surface area contributed by atoms with Gasteiger partial charge in [0, 0.05) is 0 Å². The average Bonchev–Trinajstić information content (AvgIpc) is 1.80. The van der Waals surface area contributed by atoms with E-state index in [-0.39, 0.29) is 0 Å². The molecular formula is C7H10O2. The molecule has 0 saturated carbocycles. The zero-order valence-electron chi connectivity index (χ0n) is 5.28. The molecule has 2 nitrogen and oxygen atoms in total. The lowest BCUT2D eigenvalue weighted by atomic mass is 10.0. The van der Waals surface area contributed by atoms with Crippen molar-refractivity contribution >= 4 is 0 Å². The summed E-state index contributed by atoms with van der Waals surface area (Å²) in [6, 6.07) is 0. The van der Waals surface area contributed by atoms with Gasteiger partial charge in [-0.25, -0.2) is 0 Å². The summed E-state index contributed by atoms with van der Waals surface area (Å²) < 4.78 is 0. The largest absolute Gasteiger partial charge is 0.386 e. The van der Waals surface area contributed by atoms with Crippen molar-refractivity contribution in [2.75, 3.05) is 0 Å². The van der Waals surface area contributed by atoms with Crippen LogP contribution in [0, 0.1) is 0 Å². The lowest BCUT2D eigenvalue weighted by Crippen LogP contribution is -2.23. The molecule has 2 N–H and O–H groups in total. The molecule has 0 amide bonds. The Kier molecular flexibility index (Phi) is 1.69. The maximum Gasteiger partial charge on any atom is 0.102 e. The highest BCUT2D eigenvalue weighted by Gasteiger charge is 2.12. The van der Waals surface area contributed by atoms with Crippen LogP contribution in [-0.2, 0) is 0 Å². The lowest BCUT2D eigenvalue weighted by molar-refractivity contribution is 0.0787. The third kappa shape index (κ3) is 1.40. The number of allylic oxidation sites excluding steroid dienone is 2. The lowest BCUT2D eigenvalue weighted by Gasteiger charge is -2.14. The topological polar surface area (TPSA) is 40.5 Å². The van der Waals surface area contributed by atoms with Crippen LogP contribution in [0.5, 0.6) is 0 Å². The summed E-state index contributed by atoms with van der Waals surface area (Å²) >= 11 is 0. The summed E-state index contributed by atoms with van der Waals surface area (Å²) in [7, 11) is 0. The minimum Gasteiger partial charge on any atom is -0.386 e. The summed E-state index contributed by atoms with van der Waals surface area (Å²) in [5.41, 5.74) is 0.993. The SMILES string of the molecule is CC1=C[C@@H](O)[C@H](O)C=C1. The molecule has 0 aromatic carbocycles. The third-order valence-electron chi connectivity index (χ3n) is 1.34. The van der Waals surface area contributed by atoms with E-state index in [1.807, 2.05) is 6.92 Å². The van der Waals surface area contributed by atoms with E-state index in [9.17, 15) is 0 Å². The first kappa shape index (κ1) is 6.52. The number of rotatable bonds is 0. The number of aliphatic hydroxyl groups is 2. The quantitative estimate of drug-likeness (QED) is 0.487. The molecule has 0 aliphatic heterocycles. The highest BCUT2D eigenvalue weighted by Crippen LogP contribution is 2.09. The number of aliphatic hydroxyl groups excluding tert-OH is 2. The number of hydrogen-bond acceptors (Lipinski definition) is 2. The van der Waals surface area contributed by atoms with Crippen molar-refractivity contribution in [3.05, 3.63) is 23.8 Å². The average molecular weight is 126 g/mol. The molecular weight excluding hydrogens is 116 g/mol. The Labute approximate surface area is 54.1 Å². The van der Waals surface area contributed by atoms with Crippen LogP contribution in [0.2, 0.25) is 0 Å². The fourth-order valence-electron chi connectivity index (χ4n) is 0.788. The van der Waals surface area contributed by atoms with Crippen molar-refractivity contribution in [1.82, 2.24) is 0 Å². The first-order chi connectivity index (χ1) is 4.20. The van der Waals surface area contributed by atoms with Crippen molar-refractivity contribution in [3.63, 3.8) is 0 Å². The van der Waals surface area contributed by atoms with Crippen LogP contribution in [0.15, 0.2) is 23.8 Å². The van der Waals surface area contributed by atoms with E-state index in [2.05, 4.69) is 0 Å². The van der Waals surface area contributed by atoms with Crippen LogP contribution in [-0.4, -0.2) is 22.4 Å². The minimum absolute atomic E-state index is 0.713. The molecule has 1 aliphatic carbocycles. The zero-order valence-corrected chi connectivity index (χ0v) is 5.28. The molecule has 2 heteroatoms. The molecule has 1 rings (SSSR count). The molecule has 0 spiro atoms. The molecule has 0 heterocycles. The maximum absolute atomic E-state index is 8.97. The Morgan fingerprint density at radius 2 is 2.00 bits per heavy atom. The highest BCUT2D eigenvalue weighted by molar-refractivity contribution is 5.24. The van der Waals surface area contributed by atoms with E-state index in [1.54, 1.807) is 18.2 Å². The normalized spacial score (nSPS) is 34.3. The van der Waals surface area contributed by atoms with Crippen molar-refractivity contribution in [1.29, 1.82) is 0 Å². The van der Waals surface area contributed by atoms with Gasteiger partial charge in [0.25, 0.3) is 0 Å². The van der Waals surface area contributed by atoms with Crippen LogP contribution in [0.4, 0.5) is 0 Å². The van der Waals surface area contributed by atoms with Gasteiger partial charge in [-0.1, -0.05) is 23.8 Å². The molecule has 0 aromatic rings. The second-order valence-corrected chi connectivity index (χ2v) is 2.25. The standard InChI is InChI=1S/C7H10O2/c1-5-2-3-6(8)7(9)4-5/h2-4,6-9H,1H3/t6-,7-/m1/s1. The fourth-order valence-corrected chi connectivity index (χ4v) is 0.788. The Balaban J connectivity index is 2.70. The Morgan fingerprint density at radius 3 is 2.44 bits per heavy atom. The molecule has 0 unspecified atom stereocenters. The van der Waals surface area contributed by atoms with Gasteiger partial charge in [0.1, 0.15) is 12.2 Å². The fraction of sp³-hybridized carbons (Fsp3) is 0.429. The molecule has 2 atom stereocenters. The van der Waals surface area contributed by atoms with E-state index in [0.29, 0.717) is 0 Å². The summed E-state index contributed by atoms with van der Waals surface area (Å²) in [6.45, 7) is 1.88. The van der Waals surface area contributed by atoms with Crippen LogP contribution in [0.3, 0.4) is 0 Å². The van der Waals surface area contributed by atoms with Gasteiger partial charge in [-0.15, -0.1) is 0 Å². The predicted molar refractivity (Wildman–Crippen MR) is 34.9 cm³/mol. The van der Waals surface area contributed by atoms with E-state index in [1.165, 1.54) is 0 Å². The predicted octanol–water partition coefficient (Wildman–Crippen LogP) is 0.224. The van der Waals surface area contributed by atoms with E-state index >= 15 is 0 Å². The second kappa shape index (κ2) is 2.33. The molecule has 0 fully saturated rings. The van der Waals surface area contributed by atoms with Gasteiger partial charge >= 0.3 is 0 Å². The Morgan fingerprint density at radius 1 is 1.33 bits per heavy atom. The molecule has 0 aromatic heterocycles. The zero-order chi connectivity index (χ0) is 6.85. The summed E-state index contributed by atoms with van der Waals surface area (Å²) in [5.74, 6) is 0. The monoisotopic (exact) mass is 126 g/mol. The summed E-state index contributed by atoms with van der Waals surface area (Å²) in [4.78, 5) is 0. The van der Waals surface area contributed by atoms with Crippen molar-refractivity contribution < 1.29 is 10.2 Å². The molecule has 0 bridgehead atoms. The molecule has 1 aliphatic rings. The first-order valence-corrected chi connectivity index (χ1v) is 2.93. The van der Waals surface area contributed by atoms with E-state index in [0.717, 1.165) is 5.57 Å². The third-order valence-corrected chi connectivity index (χ3v) is 1.34. The van der Waals surface area contributed by atoms with Crippen LogP contribution in [0.25, 0.3) is 0 Å². The van der Waals surface area contributed by atoms with Gasteiger partial charge in [-0.3, -0.25) is 0 Å². The molecule has 50 valence electrons. The van der Waals surface area contributed by atoms with Gasteiger partial charge in [-0.2, -0.15) is 0 Å². The van der Waals surface area contributed by atoms with E-state index < -0.39 is 12.2 Å². The Bertz CT molecular complexity index is 158. The minimum atomic E-state index is -0.714. The van der Waals surface area contributed by atoms with Crippen LogP contribution < -0.4 is 0 Å². The first-order valence-electron chi connectivity index (χ1n) is 2.93. The Hall–Kier alpha value is -0.600. The smallest absolute Gasteiger partial charge is 0.102 e. The summed E-state index contributed by atoms with van der Waals surface area (Å²) in [6.07, 6.45) is 3.57. The van der Waals surface area contributed by atoms with Gasteiger partial charge < -0.3 is 10.2 Å². The summed E-state index contributed by atoms with van der Waals surface area (Å²) in [5, 5.41) is 17.9. The van der Waals surface area contributed by atoms with Gasteiger partial charge in [-0.05, 0) is 6.92 Å². The van der Waals surface area contributed by atoms with Crippen LogP contribution >= 0.6 is 0 Å². The second-order valence-electron chi connectivity index (χ2n) is 2.25. The maximum atomic E-state index is 8.97. The van der Waals surface area contributed by atoms with E-state index in [4.69, 9.17) is 10.2 Å². The van der Waals surface area contributed by atoms with Crippen molar-refractivity contribution in [3.8, 4) is 0 Å². The van der Waals surface area contributed by atoms with Crippen LogP contribution in [0.1, 0.15) is 6.92 Å². The molecule has 0 saturated heterocycles. The highest BCUT2D eigenvalue weighted by atomic mass is 16.3. The molecule has 0 radical (unpaired) electrons.